The van der Waals surface area contributed by atoms with Crippen molar-refractivity contribution >= 4 is 45.1 Å². The largest absolute Gasteiger partial charge is 0.322 e. The number of halogens is 1. The standard InChI is InChI=1S/C14H10IN3O/c15-11-3-1-2-9(6-11)14(19)17-12-4-5-13-10(7-12)8-16-18-13/h1-8H,(H,16,18)(H,17,19). The first-order valence-corrected chi connectivity index (χ1v) is 6.80. The number of hydrogen-bond acceptors (Lipinski definition) is 2. The maximum Gasteiger partial charge on any atom is 0.255 e. The molecule has 0 atom stereocenters. The smallest absolute Gasteiger partial charge is 0.255 e. The summed E-state index contributed by atoms with van der Waals surface area (Å²) in [5.41, 5.74) is 2.37. The molecular weight excluding hydrogens is 353 g/mol. The Morgan fingerprint density at radius 1 is 1.21 bits per heavy atom. The molecular formula is C14H10IN3O. The molecule has 4 nitrogen and oxygen atoms in total. The van der Waals surface area contributed by atoms with Gasteiger partial charge < -0.3 is 5.32 Å². The first-order chi connectivity index (χ1) is 9.22. The van der Waals surface area contributed by atoms with Gasteiger partial charge in [-0.15, -0.1) is 0 Å². The van der Waals surface area contributed by atoms with Gasteiger partial charge in [-0.1, -0.05) is 6.07 Å². The van der Waals surface area contributed by atoms with Gasteiger partial charge in [0.1, 0.15) is 0 Å². The molecule has 0 unspecified atom stereocenters. The summed E-state index contributed by atoms with van der Waals surface area (Å²) < 4.78 is 1.04. The number of rotatable bonds is 2. The van der Waals surface area contributed by atoms with E-state index in [1.54, 1.807) is 12.3 Å². The summed E-state index contributed by atoms with van der Waals surface area (Å²) in [6.45, 7) is 0. The number of H-pyrrole nitrogens is 1. The average Bonchev–Trinajstić information content (AvgIpc) is 2.86. The highest BCUT2D eigenvalue weighted by molar-refractivity contribution is 14.1. The molecule has 2 aromatic carbocycles. The van der Waals surface area contributed by atoms with E-state index >= 15 is 0 Å². The van der Waals surface area contributed by atoms with Crippen LogP contribution in [0.3, 0.4) is 0 Å². The minimum atomic E-state index is -0.110. The van der Waals surface area contributed by atoms with Crippen LogP contribution in [0.25, 0.3) is 10.9 Å². The molecule has 3 aromatic rings. The van der Waals surface area contributed by atoms with Crippen LogP contribution in [0, 0.1) is 3.57 Å². The van der Waals surface area contributed by atoms with Crippen molar-refractivity contribution in [3.63, 3.8) is 0 Å². The average molecular weight is 363 g/mol. The van der Waals surface area contributed by atoms with Gasteiger partial charge in [0, 0.05) is 20.2 Å². The Morgan fingerprint density at radius 2 is 2.11 bits per heavy atom. The molecule has 0 aliphatic carbocycles. The first kappa shape index (κ1) is 12.2. The molecule has 1 heterocycles. The summed E-state index contributed by atoms with van der Waals surface area (Å²) in [6.07, 6.45) is 1.73. The van der Waals surface area contributed by atoms with Gasteiger partial charge in [-0.2, -0.15) is 5.10 Å². The fourth-order valence-electron chi connectivity index (χ4n) is 1.85. The zero-order valence-corrected chi connectivity index (χ0v) is 12.0. The van der Waals surface area contributed by atoms with Gasteiger partial charge in [0.15, 0.2) is 0 Å². The topological polar surface area (TPSA) is 57.8 Å². The molecule has 19 heavy (non-hydrogen) atoms. The van der Waals surface area contributed by atoms with E-state index in [0.717, 1.165) is 20.2 Å². The molecule has 0 bridgehead atoms. The highest BCUT2D eigenvalue weighted by atomic mass is 127. The lowest BCUT2D eigenvalue weighted by Gasteiger charge is -2.05. The van der Waals surface area contributed by atoms with Gasteiger partial charge >= 0.3 is 0 Å². The second-order valence-electron chi connectivity index (χ2n) is 4.14. The Kier molecular flexibility index (Phi) is 3.20. The molecule has 0 saturated carbocycles. The Bertz CT molecular complexity index is 751. The lowest BCUT2D eigenvalue weighted by molar-refractivity contribution is 0.102. The monoisotopic (exact) mass is 363 g/mol. The van der Waals surface area contributed by atoms with Crippen LogP contribution in [0.2, 0.25) is 0 Å². The lowest BCUT2D eigenvalue weighted by Crippen LogP contribution is -2.11. The predicted molar refractivity (Wildman–Crippen MR) is 83.2 cm³/mol. The summed E-state index contributed by atoms with van der Waals surface area (Å²) in [4.78, 5) is 12.1. The minimum Gasteiger partial charge on any atom is -0.322 e. The van der Waals surface area contributed by atoms with Crippen LogP contribution in [0.1, 0.15) is 10.4 Å². The molecule has 5 heteroatoms. The van der Waals surface area contributed by atoms with Crippen molar-refractivity contribution in [1.82, 2.24) is 10.2 Å². The highest BCUT2D eigenvalue weighted by Crippen LogP contribution is 2.17. The van der Waals surface area contributed by atoms with Crippen molar-refractivity contribution in [3.8, 4) is 0 Å². The molecule has 94 valence electrons. The maximum atomic E-state index is 12.1. The van der Waals surface area contributed by atoms with Crippen molar-refractivity contribution < 1.29 is 4.79 Å². The number of benzene rings is 2. The fourth-order valence-corrected chi connectivity index (χ4v) is 2.40. The molecule has 1 aromatic heterocycles. The van der Waals surface area contributed by atoms with E-state index in [-0.39, 0.29) is 5.91 Å². The van der Waals surface area contributed by atoms with Crippen LogP contribution in [0.15, 0.2) is 48.7 Å². The molecule has 0 aliphatic rings. The van der Waals surface area contributed by atoms with E-state index in [2.05, 4.69) is 38.1 Å². The Morgan fingerprint density at radius 3 is 2.95 bits per heavy atom. The second-order valence-corrected chi connectivity index (χ2v) is 5.38. The van der Waals surface area contributed by atoms with Gasteiger partial charge in [-0.3, -0.25) is 9.89 Å². The highest BCUT2D eigenvalue weighted by Gasteiger charge is 2.07. The second kappa shape index (κ2) is 5.00. The lowest BCUT2D eigenvalue weighted by atomic mass is 10.2. The van der Waals surface area contributed by atoms with E-state index in [4.69, 9.17) is 0 Å². The minimum absolute atomic E-state index is 0.110. The van der Waals surface area contributed by atoms with Crippen molar-refractivity contribution in [1.29, 1.82) is 0 Å². The molecule has 0 saturated heterocycles. The van der Waals surface area contributed by atoms with Gasteiger partial charge in [0.05, 0.1) is 11.7 Å². The summed E-state index contributed by atoms with van der Waals surface area (Å²) >= 11 is 2.19. The zero-order valence-electron chi connectivity index (χ0n) is 9.85. The maximum absolute atomic E-state index is 12.1. The van der Waals surface area contributed by atoms with Crippen LogP contribution >= 0.6 is 22.6 Å². The van der Waals surface area contributed by atoms with Crippen LogP contribution < -0.4 is 5.32 Å². The number of aromatic nitrogens is 2. The van der Waals surface area contributed by atoms with E-state index in [9.17, 15) is 4.79 Å². The number of nitrogens with one attached hydrogen (secondary N) is 2. The van der Waals surface area contributed by atoms with Crippen molar-refractivity contribution in [2.45, 2.75) is 0 Å². The van der Waals surface area contributed by atoms with E-state index in [1.165, 1.54) is 0 Å². The van der Waals surface area contributed by atoms with Gasteiger partial charge in [0.25, 0.3) is 5.91 Å². The van der Waals surface area contributed by atoms with Crippen LogP contribution in [-0.4, -0.2) is 16.1 Å². The number of carbonyl (C=O) groups excluding carboxylic acids is 1. The molecule has 2 N–H and O–H groups in total. The molecule has 0 aliphatic heterocycles. The third-order valence-electron chi connectivity index (χ3n) is 2.78. The fraction of sp³-hybridized carbons (Fsp3) is 0. The van der Waals surface area contributed by atoms with E-state index < -0.39 is 0 Å². The van der Waals surface area contributed by atoms with Crippen LogP contribution in [0.4, 0.5) is 5.69 Å². The number of fused-ring (bicyclic) bond motifs is 1. The number of hydrogen-bond donors (Lipinski definition) is 2. The van der Waals surface area contributed by atoms with Crippen LogP contribution in [-0.2, 0) is 0 Å². The Labute approximate surface area is 123 Å². The number of nitrogens with zero attached hydrogens (tertiary/aromatic N) is 1. The number of amides is 1. The molecule has 0 spiro atoms. The Balaban J connectivity index is 1.86. The van der Waals surface area contributed by atoms with Gasteiger partial charge in [-0.25, -0.2) is 0 Å². The van der Waals surface area contributed by atoms with Crippen molar-refractivity contribution in [2.24, 2.45) is 0 Å². The van der Waals surface area contributed by atoms with Gasteiger partial charge in [0.2, 0.25) is 0 Å². The van der Waals surface area contributed by atoms with Gasteiger partial charge in [-0.05, 0) is 59.0 Å². The summed E-state index contributed by atoms with van der Waals surface area (Å²) in [5, 5.41) is 10.7. The van der Waals surface area contributed by atoms with E-state index in [1.807, 2.05) is 36.4 Å². The molecule has 3 rings (SSSR count). The molecule has 0 radical (unpaired) electrons. The summed E-state index contributed by atoms with van der Waals surface area (Å²) in [7, 11) is 0. The normalized spacial score (nSPS) is 10.6. The molecule has 1 amide bonds. The number of anilines is 1. The predicted octanol–water partition coefficient (Wildman–Crippen LogP) is 3.42. The van der Waals surface area contributed by atoms with Crippen molar-refractivity contribution in [3.05, 3.63) is 57.8 Å². The third kappa shape index (κ3) is 2.60. The quantitative estimate of drug-likeness (QED) is 0.686. The first-order valence-electron chi connectivity index (χ1n) is 5.72. The van der Waals surface area contributed by atoms with Crippen LogP contribution in [0.5, 0.6) is 0 Å². The zero-order chi connectivity index (χ0) is 13.2. The summed E-state index contributed by atoms with van der Waals surface area (Å²) in [5.74, 6) is -0.110. The summed E-state index contributed by atoms with van der Waals surface area (Å²) in [6, 6.07) is 13.1. The molecule has 0 fully saturated rings. The van der Waals surface area contributed by atoms with E-state index in [0.29, 0.717) is 5.56 Å². The number of carbonyl (C=O) groups is 1. The Hall–Kier alpha value is -1.89. The SMILES string of the molecule is O=C(Nc1ccc2[nH]ncc2c1)c1cccc(I)c1. The number of aromatic amines is 1. The third-order valence-corrected chi connectivity index (χ3v) is 3.46. The van der Waals surface area contributed by atoms with Crippen molar-refractivity contribution in [2.75, 3.05) is 5.32 Å².